The number of rotatable bonds is 7. The minimum Gasteiger partial charge on any atom is -0.508 e. The van der Waals surface area contributed by atoms with Gasteiger partial charge in [-0.2, -0.15) is 0 Å². The van der Waals surface area contributed by atoms with Gasteiger partial charge in [-0.3, -0.25) is 0 Å². The summed E-state index contributed by atoms with van der Waals surface area (Å²) in [7, 11) is 0. The molecule has 3 nitrogen and oxygen atoms in total. The van der Waals surface area contributed by atoms with E-state index in [0.717, 1.165) is 26.0 Å². The zero-order valence-electron chi connectivity index (χ0n) is 16.4. The van der Waals surface area contributed by atoms with E-state index < -0.39 is 0 Å². The average molecular weight is 410 g/mol. The maximum Gasteiger partial charge on any atom is 0.115 e. The van der Waals surface area contributed by atoms with Crippen molar-refractivity contribution in [2.24, 2.45) is 0 Å². The Morgan fingerprint density at radius 3 is 2.03 bits per heavy atom. The third-order valence-electron chi connectivity index (χ3n) is 5.50. The van der Waals surface area contributed by atoms with Crippen LogP contribution in [0.15, 0.2) is 84.9 Å². The van der Waals surface area contributed by atoms with Crippen molar-refractivity contribution in [3.05, 3.63) is 102 Å². The number of benzene rings is 3. The fraction of sp³-hybridized carbons (Fsp3) is 0.280. The van der Waals surface area contributed by atoms with Crippen LogP contribution in [0, 0.1) is 0 Å². The molecule has 1 saturated heterocycles. The van der Waals surface area contributed by atoms with Gasteiger partial charge in [-0.25, -0.2) is 0 Å². The van der Waals surface area contributed by atoms with Crippen molar-refractivity contribution in [3.63, 3.8) is 0 Å². The predicted octanol–water partition coefficient (Wildman–Crippen LogP) is 4.94. The summed E-state index contributed by atoms with van der Waals surface area (Å²) in [6, 6.07) is 29.2. The number of hydrogen-bond donors (Lipinski definition) is 2. The molecule has 2 N–H and O–H groups in total. The van der Waals surface area contributed by atoms with E-state index in [2.05, 4.69) is 66.0 Å². The highest BCUT2D eigenvalue weighted by Crippen LogP contribution is 2.34. The Labute approximate surface area is 179 Å². The van der Waals surface area contributed by atoms with Crippen LogP contribution in [-0.4, -0.2) is 30.4 Å². The molecule has 3 aromatic rings. The van der Waals surface area contributed by atoms with E-state index in [4.69, 9.17) is 4.74 Å². The van der Waals surface area contributed by atoms with E-state index in [9.17, 15) is 5.11 Å². The van der Waals surface area contributed by atoms with Crippen LogP contribution in [0.3, 0.4) is 0 Å². The number of phenolic OH excluding ortho intramolecular Hbond substituents is 1. The highest BCUT2D eigenvalue weighted by atomic mass is 35.5. The van der Waals surface area contributed by atoms with Crippen molar-refractivity contribution >= 4 is 12.4 Å². The Morgan fingerprint density at radius 1 is 0.862 bits per heavy atom. The van der Waals surface area contributed by atoms with Crippen LogP contribution in [0.4, 0.5) is 0 Å². The molecule has 0 amide bonds. The number of ether oxygens (including phenoxy) is 1. The fourth-order valence-electron chi connectivity index (χ4n) is 4.06. The van der Waals surface area contributed by atoms with Crippen molar-refractivity contribution < 1.29 is 9.84 Å². The van der Waals surface area contributed by atoms with Gasteiger partial charge in [0.05, 0.1) is 12.7 Å². The first kappa shape index (κ1) is 21.4. The molecule has 0 radical (unpaired) electrons. The second-order valence-corrected chi connectivity index (χ2v) is 7.47. The third-order valence-corrected chi connectivity index (χ3v) is 5.50. The summed E-state index contributed by atoms with van der Waals surface area (Å²) in [5.74, 6) is 0.572. The van der Waals surface area contributed by atoms with Crippen molar-refractivity contribution in [1.82, 2.24) is 5.32 Å². The molecular weight excluding hydrogens is 382 g/mol. The van der Waals surface area contributed by atoms with Crippen LogP contribution >= 0.6 is 12.4 Å². The Balaban J connectivity index is 0.00000240. The molecule has 29 heavy (non-hydrogen) atoms. The van der Waals surface area contributed by atoms with Gasteiger partial charge in [-0.15, -0.1) is 12.4 Å². The molecule has 1 aliphatic rings. The molecule has 1 heterocycles. The van der Waals surface area contributed by atoms with Crippen molar-refractivity contribution in [1.29, 1.82) is 0 Å². The smallest absolute Gasteiger partial charge is 0.115 e. The SMILES string of the molecule is Cl.Oc1ccc(CCN[C@@H]2CO[C@H](C(c3ccccc3)c3ccccc3)C2)cc1. The van der Waals surface area contributed by atoms with Gasteiger partial charge < -0.3 is 15.2 Å². The highest BCUT2D eigenvalue weighted by molar-refractivity contribution is 5.85. The number of halogens is 1. The molecule has 2 atom stereocenters. The number of phenols is 1. The molecule has 3 aromatic carbocycles. The molecule has 0 aromatic heterocycles. The molecule has 1 fully saturated rings. The zero-order valence-corrected chi connectivity index (χ0v) is 17.2. The minimum atomic E-state index is 0. The van der Waals surface area contributed by atoms with E-state index in [0.29, 0.717) is 11.8 Å². The Hall–Kier alpha value is -2.33. The van der Waals surface area contributed by atoms with Gasteiger partial charge in [0, 0.05) is 12.0 Å². The van der Waals surface area contributed by atoms with E-state index in [1.807, 2.05) is 12.1 Å². The van der Waals surface area contributed by atoms with E-state index >= 15 is 0 Å². The van der Waals surface area contributed by atoms with Crippen LogP contribution < -0.4 is 5.32 Å². The third kappa shape index (κ3) is 5.60. The molecule has 0 spiro atoms. The Kier molecular flexibility index (Phi) is 7.70. The summed E-state index contributed by atoms with van der Waals surface area (Å²) < 4.78 is 6.26. The van der Waals surface area contributed by atoms with Crippen LogP contribution in [0.2, 0.25) is 0 Å². The van der Waals surface area contributed by atoms with Crippen molar-refractivity contribution in [2.45, 2.75) is 30.9 Å². The Morgan fingerprint density at radius 2 is 1.45 bits per heavy atom. The molecule has 0 aliphatic carbocycles. The molecule has 0 unspecified atom stereocenters. The minimum absolute atomic E-state index is 0. The van der Waals surface area contributed by atoms with E-state index in [-0.39, 0.29) is 24.4 Å². The monoisotopic (exact) mass is 409 g/mol. The highest BCUT2D eigenvalue weighted by Gasteiger charge is 2.33. The second-order valence-electron chi connectivity index (χ2n) is 7.47. The van der Waals surface area contributed by atoms with Gasteiger partial charge in [0.2, 0.25) is 0 Å². The average Bonchev–Trinajstić information content (AvgIpc) is 3.20. The summed E-state index contributed by atoms with van der Waals surface area (Å²) in [4.78, 5) is 0. The van der Waals surface area contributed by atoms with Gasteiger partial charge in [0.25, 0.3) is 0 Å². The first-order chi connectivity index (χ1) is 13.8. The lowest BCUT2D eigenvalue weighted by Crippen LogP contribution is -2.31. The van der Waals surface area contributed by atoms with Crippen LogP contribution in [0.25, 0.3) is 0 Å². The van der Waals surface area contributed by atoms with Crippen molar-refractivity contribution in [2.75, 3.05) is 13.2 Å². The van der Waals surface area contributed by atoms with Gasteiger partial charge in [0.15, 0.2) is 0 Å². The molecular formula is C25H28ClNO2. The van der Waals surface area contributed by atoms with Gasteiger partial charge in [-0.1, -0.05) is 72.8 Å². The zero-order chi connectivity index (χ0) is 19.2. The number of nitrogens with one attached hydrogen (secondary N) is 1. The predicted molar refractivity (Wildman–Crippen MR) is 120 cm³/mol. The maximum absolute atomic E-state index is 9.39. The number of hydrogen-bond acceptors (Lipinski definition) is 3. The van der Waals surface area contributed by atoms with Crippen LogP contribution in [-0.2, 0) is 11.2 Å². The van der Waals surface area contributed by atoms with Crippen molar-refractivity contribution in [3.8, 4) is 5.75 Å². The maximum atomic E-state index is 9.39. The van der Waals surface area contributed by atoms with Crippen LogP contribution in [0.5, 0.6) is 5.75 Å². The standard InChI is InChI=1S/C25H27NO2.ClH/c27-23-13-11-19(12-14-23)15-16-26-22-17-24(28-18-22)25(20-7-3-1-4-8-20)21-9-5-2-6-10-21;/h1-14,22,24-27H,15-18H2;1H/t22-,24-;/m0./s1. The summed E-state index contributed by atoms with van der Waals surface area (Å²) in [6.45, 7) is 1.66. The quantitative estimate of drug-likeness (QED) is 0.581. The topological polar surface area (TPSA) is 41.5 Å². The Bertz CT molecular complexity index is 816. The fourth-order valence-corrected chi connectivity index (χ4v) is 4.06. The molecule has 1 aliphatic heterocycles. The normalized spacial score (nSPS) is 18.5. The molecule has 4 rings (SSSR count). The lowest BCUT2D eigenvalue weighted by atomic mass is 9.85. The van der Waals surface area contributed by atoms with Gasteiger partial charge in [0.1, 0.15) is 5.75 Å². The largest absolute Gasteiger partial charge is 0.508 e. The molecule has 152 valence electrons. The summed E-state index contributed by atoms with van der Waals surface area (Å²) in [6.07, 6.45) is 2.13. The first-order valence-electron chi connectivity index (χ1n) is 10.0. The second kappa shape index (κ2) is 10.4. The number of aromatic hydroxyl groups is 1. The molecule has 0 bridgehead atoms. The first-order valence-corrected chi connectivity index (χ1v) is 10.0. The van der Waals surface area contributed by atoms with E-state index in [1.165, 1.54) is 16.7 Å². The molecule has 4 heteroatoms. The summed E-state index contributed by atoms with van der Waals surface area (Å²) in [5, 5.41) is 13.0. The van der Waals surface area contributed by atoms with E-state index in [1.54, 1.807) is 12.1 Å². The molecule has 0 saturated carbocycles. The lowest BCUT2D eigenvalue weighted by Gasteiger charge is -2.24. The van der Waals surface area contributed by atoms with Gasteiger partial charge >= 0.3 is 0 Å². The van der Waals surface area contributed by atoms with Gasteiger partial charge in [-0.05, 0) is 48.2 Å². The lowest BCUT2D eigenvalue weighted by molar-refractivity contribution is 0.0960. The summed E-state index contributed by atoms with van der Waals surface area (Å²) >= 11 is 0. The summed E-state index contributed by atoms with van der Waals surface area (Å²) in [5.41, 5.74) is 3.85. The van der Waals surface area contributed by atoms with Crippen LogP contribution in [0.1, 0.15) is 29.0 Å².